The van der Waals surface area contributed by atoms with Crippen LogP contribution in [0, 0.1) is 0 Å². The SMILES string of the molecule is CN(C(=O)c1ccc(NC(=O)[C@H]2CCC(=O)N2)cc1Cl)C1CCCCC1. The van der Waals surface area contributed by atoms with Crippen LogP contribution in [0.3, 0.4) is 0 Å². The monoisotopic (exact) mass is 377 g/mol. The maximum Gasteiger partial charge on any atom is 0.255 e. The highest BCUT2D eigenvalue weighted by molar-refractivity contribution is 6.34. The quantitative estimate of drug-likeness (QED) is 0.846. The summed E-state index contributed by atoms with van der Waals surface area (Å²) in [5.41, 5.74) is 0.949. The smallest absolute Gasteiger partial charge is 0.255 e. The lowest BCUT2D eigenvalue weighted by atomic mass is 9.94. The first-order valence-electron chi connectivity index (χ1n) is 9.12. The van der Waals surface area contributed by atoms with Gasteiger partial charge in [0.25, 0.3) is 5.91 Å². The minimum atomic E-state index is -0.514. The molecular formula is C19H24ClN3O3. The second-order valence-electron chi connectivity index (χ2n) is 7.05. The molecule has 0 aromatic heterocycles. The number of nitrogens with zero attached hydrogens (tertiary/aromatic N) is 1. The Hall–Kier alpha value is -2.08. The van der Waals surface area contributed by atoms with E-state index < -0.39 is 6.04 Å². The van der Waals surface area contributed by atoms with Gasteiger partial charge >= 0.3 is 0 Å². The van der Waals surface area contributed by atoms with Gasteiger partial charge in [-0.3, -0.25) is 14.4 Å². The number of rotatable bonds is 4. The lowest BCUT2D eigenvalue weighted by molar-refractivity contribution is -0.122. The van der Waals surface area contributed by atoms with Crippen molar-refractivity contribution in [2.75, 3.05) is 12.4 Å². The largest absolute Gasteiger partial charge is 0.344 e. The highest BCUT2D eigenvalue weighted by Crippen LogP contribution is 2.26. The van der Waals surface area contributed by atoms with Gasteiger partial charge in [-0.2, -0.15) is 0 Å². The number of carbonyl (C=O) groups is 3. The predicted molar refractivity (Wildman–Crippen MR) is 100 cm³/mol. The summed E-state index contributed by atoms with van der Waals surface area (Å²) in [5, 5.41) is 5.68. The van der Waals surface area contributed by atoms with Crippen molar-refractivity contribution in [3.8, 4) is 0 Å². The van der Waals surface area contributed by atoms with Crippen LogP contribution in [-0.4, -0.2) is 41.8 Å². The molecule has 140 valence electrons. The molecule has 26 heavy (non-hydrogen) atoms. The lowest BCUT2D eigenvalue weighted by Gasteiger charge is -2.31. The van der Waals surface area contributed by atoms with E-state index in [9.17, 15) is 14.4 Å². The molecular weight excluding hydrogens is 354 g/mol. The molecule has 1 saturated carbocycles. The highest BCUT2D eigenvalue weighted by Gasteiger charge is 2.28. The van der Waals surface area contributed by atoms with Gasteiger partial charge in [0, 0.05) is 25.2 Å². The topological polar surface area (TPSA) is 78.5 Å². The van der Waals surface area contributed by atoms with Crippen LogP contribution in [0.2, 0.25) is 5.02 Å². The van der Waals surface area contributed by atoms with Crippen LogP contribution in [-0.2, 0) is 9.59 Å². The standard InChI is InChI=1S/C19H24ClN3O3/c1-23(13-5-3-2-4-6-13)19(26)14-8-7-12(11-15(14)20)21-18(25)16-9-10-17(24)22-16/h7-8,11,13,16H,2-6,9-10H2,1H3,(H,21,25)(H,22,24)/t16-/m1/s1. The summed E-state index contributed by atoms with van der Waals surface area (Å²) >= 11 is 6.31. The normalized spacial score (nSPS) is 20.5. The Bertz CT molecular complexity index is 716. The van der Waals surface area contributed by atoms with E-state index in [2.05, 4.69) is 10.6 Å². The lowest BCUT2D eigenvalue weighted by Crippen LogP contribution is -2.38. The molecule has 7 heteroatoms. The minimum absolute atomic E-state index is 0.0946. The van der Waals surface area contributed by atoms with Crippen molar-refractivity contribution in [2.45, 2.75) is 57.0 Å². The predicted octanol–water partition coefficient (Wildman–Crippen LogP) is 2.96. The minimum Gasteiger partial charge on any atom is -0.344 e. The van der Waals surface area contributed by atoms with E-state index in [1.807, 2.05) is 7.05 Å². The fourth-order valence-electron chi connectivity index (χ4n) is 3.63. The maximum absolute atomic E-state index is 12.8. The first-order chi connectivity index (χ1) is 12.5. The van der Waals surface area contributed by atoms with E-state index in [4.69, 9.17) is 11.6 Å². The van der Waals surface area contributed by atoms with Crippen LogP contribution in [0.25, 0.3) is 0 Å². The molecule has 1 aromatic rings. The Morgan fingerprint density at radius 3 is 2.54 bits per heavy atom. The molecule has 0 bridgehead atoms. The van der Waals surface area contributed by atoms with E-state index in [1.165, 1.54) is 6.42 Å². The van der Waals surface area contributed by atoms with E-state index >= 15 is 0 Å². The van der Waals surface area contributed by atoms with Crippen LogP contribution in [0.1, 0.15) is 55.3 Å². The molecule has 1 heterocycles. The van der Waals surface area contributed by atoms with Crippen molar-refractivity contribution >= 4 is 35.0 Å². The fraction of sp³-hybridized carbons (Fsp3) is 0.526. The number of nitrogens with one attached hydrogen (secondary N) is 2. The van der Waals surface area contributed by atoms with E-state index in [1.54, 1.807) is 23.1 Å². The molecule has 3 amide bonds. The first-order valence-corrected chi connectivity index (χ1v) is 9.50. The van der Waals surface area contributed by atoms with Crippen molar-refractivity contribution < 1.29 is 14.4 Å². The highest BCUT2D eigenvalue weighted by atomic mass is 35.5. The van der Waals surface area contributed by atoms with Gasteiger partial charge in [0.05, 0.1) is 10.6 Å². The van der Waals surface area contributed by atoms with Gasteiger partial charge in [0.15, 0.2) is 0 Å². The molecule has 6 nitrogen and oxygen atoms in total. The molecule has 2 aliphatic rings. The van der Waals surface area contributed by atoms with Gasteiger partial charge in [0.2, 0.25) is 11.8 Å². The Kier molecular flexibility index (Phi) is 5.81. The Morgan fingerprint density at radius 2 is 1.92 bits per heavy atom. The summed E-state index contributed by atoms with van der Waals surface area (Å²) in [6.45, 7) is 0. The van der Waals surface area contributed by atoms with Crippen LogP contribution in [0.5, 0.6) is 0 Å². The number of amides is 3. The molecule has 1 aliphatic carbocycles. The third-order valence-electron chi connectivity index (χ3n) is 5.22. The first kappa shape index (κ1) is 18.7. The van der Waals surface area contributed by atoms with Crippen LogP contribution in [0.4, 0.5) is 5.69 Å². The number of benzene rings is 1. The van der Waals surface area contributed by atoms with Crippen molar-refractivity contribution in [3.05, 3.63) is 28.8 Å². The van der Waals surface area contributed by atoms with E-state index in [0.717, 1.165) is 25.7 Å². The van der Waals surface area contributed by atoms with Gasteiger partial charge in [-0.25, -0.2) is 0 Å². The number of halogens is 1. The van der Waals surface area contributed by atoms with Crippen molar-refractivity contribution in [3.63, 3.8) is 0 Å². The van der Waals surface area contributed by atoms with Gasteiger partial charge in [-0.1, -0.05) is 30.9 Å². The zero-order valence-electron chi connectivity index (χ0n) is 14.9. The number of hydrogen-bond donors (Lipinski definition) is 2. The molecule has 1 aliphatic heterocycles. The molecule has 1 atom stereocenters. The zero-order chi connectivity index (χ0) is 18.7. The summed E-state index contributed by atoms with van der Waals surface area (Å²) in [7, 11) is 1.83. The van der Waals surface area contributed by atoms with Gasteiger partial charge in [-0.15, -0.1) is 0 Å². The van der Waals surface area contributed by atoms with Crippen LogP contribution >= 0.6 is 11.6 Å². The molecule has 2 fully saturated rings. The average Bonchev–Trinajstić information content (AvgIpc) is 3.08. The molecule has 2 N–H and O–H groups in total. The van der Waals surface area contributed by atoms with E-state index in [-0.39, 0.29) is 23.8 Å². The van der Waals surface area contributed by atoms with Gasteiger partial charge in [-0.05, 0) is 37.5 Å². The van der Waals surface area contributed by atoms with Crippen molar-refractivity contribution in [1.82, 2.24) is 10.2 Å². The van der Waals surface area contributed by atoms with Crippen molar-refractivity contribution in [2.24, 2.45) is 0 Å². The maximum atomic E-state index is 12.8. The summed E-state index contributed by atoms with van der Waals surface area (Å²) in [6, 6.07) is 4.64. The Labute approximate surface area is 158 Å². The van der Waals surface area contributed by atoms with E-state index in [0.29, 0.717) is 29.1 Å². The van der Waals surface area contributed by atoms with Crippen LogP contribution in [0.15, 0.2) is 18.2 Å². The Morgan fingerprint density at radius 1 is 1.19 bits per heavy atom. The van der Waals surface area contributed by atoms with Gasteiger partial charge in [0.1, 0.15) is 6.04 Å². The second-order valence-corrected chi connectivity index (χ2v) is 7.46. The molecule has 1 saturated heterocycles. The molecule has 3 rings (SSSR count). The molecule has 0 unspecified atom stereocenters. The second kappa shape index (κ2) is 8.08. The third kappa shape index (κ3) is 4.18. The number of carbonyl (C=O) groups excluding carboxylic acids is 3. The fourth-order valence-corrected chi connectivity index (χ4v) is 3.89. The summed E-state index contributed by atoms with van der Waals surface area (Å²) in [5.74, 6) is -0.483. The summed E-state index contributed by atoms with van der Waals surface area (Å²) < 4.78 is 0. The number of anilines is 1. The summed E-state index contributed by atoms with van der Waals surface area (Å²) in [4.78, 5) is 37.9. The molecule has 0 spiro atoms. The van der Waals surface area contributed by atoms with Crippen LogP contribution < -0.4 is 10.6 Å². The molecule has 0 radical (unpaired) electrons. The zero-order valence-corrected chi connectivity index (χ0v) is 15.6. The number of hydrogen-bond acceptors (Lipinski definition) is 3. The third-order valence-corrected chi connectivity index (χ3v) is 5.53. The average molecular weight is 378 g/mol. The Balaban J connectivity index is 1.65. The summed E-state index contributed by atoms with van der Waals surface area (Å²) in [6.07, 6.45) is 6.44. The molecule has 1 aromatic carbocycles. The van der Waals surface area contributed by atoms with Gasteiger partial charge < -0.3 is 15.5 Å². The van der Waals surface area contributed by atoms with Crippen molar-refractivity contribution in [1.29, 1.82) is 0 Å².